The Bertz CT molecular complexity index is 1160. The Hall–Kier alpha value is -3.79. The van der Waals surface area contributed by atoms with Crippen molar-refractivity contribution in [2.45, 2.75) is 6.92 Å². The Balaban J connectivity index is 1.47. The number of non-ortho nitro benzene ring substituents is 1. The quantitative estimate of drug-likeness (QED) is 0.394. The van der Waals surface area contributed by atoms with Crippen molar-refractivity contribution in [1.29, 1.82) is 0 Å². The van der Waals surface area contributed by atoms with E-state index in [9.17, 15) is 14.9 Å². The van der Waals surface area contributed by atoms with E-state index in [1.54, 1.807) is 35.7 Å². The lowest BCUT2D eigenvalue weighted by molar-refractivity contribution is -0.384. The third kappa shape index (κ3) is 3.53. The number of benzene rings is 1. The number of rotatable bonds is 5. The van der Waals surface area contributed by atoms with Crippen LogP contribution in [0.5, 0.6) is 0 Å². The van der Waals surface area contributed by atoms with Crippen molar-refractivity contribution in [1.82, 2.24) is 20.0 Å². The molecule has 3 heterocycles. The van der Waals surface area contributed by atoms with E-state index in [1.807, 2.05) is 19.1 Å². The molecule has 2 N–H and O–H groups in total. The Morgan fingerprint density at radius 3 is 2.71 bits per heavy atom. The van der Waals surface area contributed by atoms with Gasteiger partial charge >= 0.3 is 0 Å². The lowest BCUT2D eigenvalue weighted by Crippen LogP contribution is -2.11. The van der Waals surface area contributed by atoms with Crippen molar-refractivity contribution in [3.63, 3.8) is 0 Å². The zero-order valence-corrected chi connectivity index (χ0v) is 15.4. The van der Waals surface area contributed by atoms with Gasteiger partial charge in [0.25, 0.3) is 11.6 Å². The van der Waals surface area contributed by atoms with Crippen LogP contribution >= 0.6 is 11.3 Å². The van der Waals surface area contributed by atoms with Gasteiger partial charge in [-0.1, -0.05) is 0 Å². The lowest BCUT2D eigenvalue weighted by atomic mass is 10.3. The Labute approximate surface area is 162 Å². The number of hydrogen-bond acceptors (Lipinski definition) is 6. The zero-order chi connectivity index (χ0) is 19.7. The highest BCUT2D eigenvalue weighted by molar-refractivity contribution is 7.15. The van der Waals surface area contributed by atoms with Crippen LogP contribution in [0.25, 0.3) is 16.3 Å². The second-order valence-corrected chi connectivity index (χ2v) is 7.27. The Morgan fingerprint density at radius 2 is 2.04 bits per heavy atom. The third-order valence-electron chi connectivity index (χ3n) is 4.00. The summed E-state index contributed by atoms with van der Waals surface area (Å²) in [7, 11) is 0. The number of nitro groups is 1. The monoisotopic (exact) mass is 394 g/mol. The summed E-state index contributed by atoms with van der Waals surface area (Å²) in [5.74, 6) is 0.0581. The van der Waals surface area contributed by atoms with Gasteiger partial charge in [-0.05, 0) is 31.2 Å². The van der Waals surface area contributed by atoms with Crippen LogP contribution in [0.15, 0.2) is 54.9 Å². The Kier molecular flexibility index (Phi) is 4.45. The number of nitro benzene ring substituents is 1. The molecule has 0 aliphatic heterocycles. The summed E-state index contributed by atoms with van der Waals surface area (Å²) >= 11 is 1.63. The van der Waals surface area contributed by atoms with Crippen molar-refractivity contribution in [3.8, 4) is 16.3 Å². The first kappa shape index (κ1) is 17.6. The zero-order valence-electron chi connectivity index (χ0n) is 14.6. The summed E-state index contributed by atoms with van der Waals surface area (Å²) in [6.45, 7) is 2.02. The van der Waals surface area contributed by atoms with Crippen molar-refractivity contribution in [2.24, 2.45) is 0 Å². The molecule has 1 aromatic carbocycles. The van der Waals surface area contributed by atoms with Crippen LogP contribution in [-0.2, 0) is 0 Å². The van der Waals surface area contributed by atoms with E-state index in [1.165, 1.54) is 27.9 Å². The van der Waals surface area contributed by atoms with Crippen LogP contribution in [0.2, 0.25) is 0 Å². The predicted octanol–water partition coefficient (Wildman–Crippen LogP) is 3.79. The summed E-state index contributed by atoms with van der Waals surface area (Å²) in [5, 5.41) is 24.6. The average molecular weight is 394 g/mol. The van der Waals surface area contributed by atoms with Gasteiger partial charge in [0.05, 0.1) is 32.9 Å². The molecule has 0 unspecified atom stereocenters. The summed E-state index contributed by atoms with van der Waals surface area (Å²) in [6.07, 6.45) is 2.97. The van der Waals surface area contributed by atoms with Crippen molar-refractivity contribution < 1.29 is 9.72 Å². The lowest BCUT2D eigenvalue weighted by Gasteiger charge is -2.00. The summed E-state index contributed by atoms with van der Waals surface area (Å²) in [4.78, 5) is 24.9. The van der Waals surface area contributed by atoms with Crippen LogP contribution in [0.4, 0.5) is 11.5 Å². The fourth-order valence-electron chi connectivity index (χ4n) is 2.59. The molecule has 3 aromatic heterocycles. The van der Waals surface area contributed by atoms with Crippen molar-refractivity contribution in [3.05, 3.63) is 75.4 Å². The maximum Gasteiger partial charge on any atom is 0.269 e. The van der Waals surface area contributed by atoms with Crippen LogP contribution in [0.1, 0.15) is 15.2 Å². The molecular weight excluding hydrogens is 380 g/mol. The van der Waals surface area contributed by atoms with Gasteiger partial charge in [-0.3, -0.25) is 20.0 Å². The molecule has 0 radical (unpaired) electrons. The second-order valence-electron chi connectivity index (χ2n) is 5.98. The summed E-state index contributed by atoms with van der Waals surface area (Å²) in [5.41, 5.74) is 1.77. The molecule has 9 nitrogen and oxygen atoms in total. The molecule has 0 fully saturated rings. The van der Waals surface area contributed by atoms with Gasteiger partial charge in [0.1, 0.15) is 0 Å². The number of thiophene rings is 1. The molecule has 4 aromatic rings. The molecule has 0 aliphatic rings. The molecule has 0 bridgehead atoms. The average Bonchev–Trinajstić information content (AvgIpc) is 3.42. The predicted molar refractivity (Wildman–Crippen MR) is 105 cm³/mol. The minimum Gasteiger partial charge on any atom is -0.305 e. The normalized spacial score (nSPS) is 10.8. The van der Waals surface area contributed by atoms with Crippen molar-refractivity contribution in [2.75, 3.05) is 5.32 Å². The van der Waals surface area contributed by atoms with E-state index in [-0.39, 0.29) is 11.6 Å². The van der Waals surface area contributed by atoms with Gasteiger partial charge in [-0.15, -0.1) is 11.3 Å². The largest absolute Gasteiger partial charge is 0.305 e. The van der Waals surface area contributed by atoms with Crippen LogP contribution < -0.4 is 5.32 Å². The number of H-pyrrole nitrogens is 1. The molecular formula is C18H14N6O3S. The molecule has 28 heavy (non-hydrogen) atoms. The van der Waals surface area contributed by atoms with E-state index in [0.717, 1.165) is 10.6 Å². The first-order chi connectivity index (χ1) is 13.5. The fraction of sp³-hybridized carbons (Fsp3) is 0.0556. The summed E-state index contributed by atoms with van der Waals surface area (Å²) in [6, 6.07) is 11.7. The minimum atomic E-state index is -0.471. The first-order valence-corrected chi connectivity index (χ1v) is 9.04. The number of carbonyl (C=O) groups is 1. The number of anilines is 1. The maximum absolute atomic E-state index is 12.4. The number of aromatic nitrogens is 4. The molecule has 0 atom stereocenters. The molecule has 0 saturated carbocycles. The molecule has 4 rings (SSSR count). The molecule has 0 saturated heterocycles. The second kappa shape index (κ2) is 7.08. The molecule has 0 spiro atoms. The van der Waals surface area contributed by atoms with Gasteiger partial charge in [-0.25, -0.2) is 4.68 Å². The maximum atomic E-state index is 12.4. The van der Waals surface area contributed by atoms with Crippen molar-refractivity contribution >= 4 is 28.7 Å². The minimum absolute atomic E-state index is 0.0101. The van der Waals surface area contributed by atoms with E-state index in [0.29, 0.717) is 17.1 Å². The highest BCUT2D eigenvalue weighted by Gasteiger charge is 2.13. The van der Waals surface area contributed by atoms with Crippen LogP contribution in [0.3, 0.4) is 0 Å². The van der Waals surface area contributed by atoms with E-state index in [2.05, 4.69) is 20.6 Å². The van der Waals surface area contributed by atoms with E-state index < -0.39 is 4.92 Å². The number of aryl methyl sites for hydroxylation is 1. The third-order valence-corrected chi connectivity index (χ3v) is 5.03. The number of carbonyl (C=O) groups excluding carboxylic acids is 1. The standard InChI is InChI=1S/C18H14N6O3S/c1-11-2-7-16(28-11)15-8-17(22-21-15)20-18(25)12-9-19-23(10-12)13-3-5-14(6-4-13)24(26)27/h2-10H,1H3,(H2,20,21,22,25). The number of aromatic amines is 1. The van der Waals surface area contributed by atoms with Crippen LogP contribution in [0, 0.1) is 17.0 Å². The SMILES string of the molecule is Cc1ccc(-c2cc(NC(=O)c3cnn(-c4ccc([N+](=O)[O-])cc4)c3)n[nH]2)s1. The van der Waals surface area contributed by atoms with Gasteiger partial charge in [0.15, 0.2) is 5.82 Å². The Morgan fingerprint density at radius 1 is 1.25 bits per heavy atom. The number of nitrogens with one attached hydrogen (secondary N) is 2. The van der Waals surface area contributed by atoms with Gasteiger partial charge < -0.3 is 5.32 Å². The van der Waals surface area contributed by atoms with Gasteiger partial charge in [0.2, 0.25) is 0 Å². The molecule has 10 heteroatoms. The highest BCUT2D eigenvalue weighted by atomic mass is 32.1. The topological polar surface area (TPSA) is 119 Å². The van der Waals surface area contributed by atoms with E-state index >= 15 is 0 Å². The highest BCUT2D eigenvalue weighted by Crippen LogP contribution is 2.27. The number of amides is 1. The smallest absolute Gasteiger partial charge is 0.269 e. The van der Waals surface area contributed by atoms with Gasteiger partial charge in [-0.2, -0.15) is 10.2 Å². The van der Waals surface area contributed by atoms with Gasteiger partial charge in [0, 0.05) is 29.3 Å². The number of nitrogens with zero attached hydrogens (tertiary/aromatic N) is 4. The molecule has 1 amide bonds. The van der Waals surface area contributed by atoms with Crippen LogP contribution in [-0.4, -0.2) is 30.8 Å². The first-order valence-electron chi connectivity index (χ1n) is 8.23. The molecule has 0 aliphatic carbocycles. The fourth-order valence-corrected chi connectivity index (χ4v) is 3.42. The number of hydrogen-bond donors (Lipinski definition) is 2. The molecule has 140 valence electrons. The van der Waals surface area contributed by atoms with E-state index in [4.69, 9.17) is 0 Å². The summed E-state index contributed by atoms with van der Waals surface area (Å²) < 4.78 is 1.48.